The van der Waals surface area contributed by atoms with Gasteiger partial charge in [-0.05, 0) is 7.05 Å². The quantitative estimate of drug-likeness (QED) is 0.346. The van der Waals surface area contributed by atoms with Gasteiger partial charge in [-0.15, -0.1) is 9.79 Å². The van der Waals surface area contributed by atoms with E-state index in [-0.39, 0.29) is 0 Å². The fourth-order valence-corrected chi connectivity index (χ4v) is 2.29. The minimum atomic E-state index is -4.23. The molecule has 0 bridgehead atoms. The third kappa shape index (κ3) is 23.8. The molecule has 0 aromatic heterocycles. The summed E-state index contributed by atoms with van der Waals surface area (Å²) in [6, 6.07) is 0. The van der Waals surface area contributed by atoms with Gasteiger partial charge in [0.2, 0.25) is 0 Å². The van der Waals surface area contributed by atoms with E-state index < -0.39 is 36.0 Å². The van der Waals surface area contributed by atoms with Crippen LogP contribution in [0.5, 0.6) is 0 Å². The molecule has 98 valence electrons. The predicted octanol–water partition coefficient (Wildman–Crippen LogP) is -1.18. The highest BCUT2D eigenvalue weighted by Crippen LogP contribution is 2.39. The largest absolute Gasteiger partial charge is 0.692 e. The van der Waals surface area contributed by atoms with Crippen molar-refractivity contribution in [3.05, 3.63) is 0 Å². The molecule has 10 nitrogen and oxygen atoms in total. The molecule has 0 heterocycles. The van der Waals surface area contributed by atoms with Crippen LogP contribution in [0.2, 0.25) is 0 Å². The topological polar surface area (TPSA) is 176 Å². The zero-order chi connectivity index (χ0) is 13.6. The van der Waals surface area contributed by atoms with Gasteiger partial charge in [0.15, 0.2) is 0 Å². The van der Waals surface area contributed by atoms with Gasteiger partial charge >= 0.3 is 23.4 Å². The molecule has 0 rings (SSSR count). The van der Waals surface area contributed by atoms with Crippen LogP contribution in [0.15, 0.2) is 0 Å². The molecular formula is C3H13NO9P3+. The highest BCUT2D eigenvalue weighted by molar-refractivity contribution is 7.52. The van der Waals surface area contributed by atoms with Crippen molar-refractivity contribution in [2.75, 3.05) is 19.6 Å². The molecule has 0 spiro atoms. The number of hydrogen-bond acceptors (Lipinski definition) is 4. The van der Waals surface area contributed by atoms with Crippen LogP contribution in [0, 0.1) is 0 Å². The van der Waals surface area contributed by atoms with Crippen molar-refractivity contribution < 1.29 is 43.1 Å². The molecule has 0 saturated carbocycles. The van der Waals surface area contributed by atoms with Crippen LogP contribution in [0.4, 0.5) is 0 Å². The van der Waals surface area contributed by atoms with Gasteiger partial charge in [-0.1, -0.05) is 0 Å². The summed E-state index contributed by atoms with van der Waals surface area (Å²) < 4.78 is 29.4. The summed E-state index contributed by atoms with van der Waals surface area (Å²) in [5, 5.41) is 0. The van der Waals surface area contributed by atoms with Gasteiger partial charge in [-0.25, -0.2) is 0 Å². The normalized spacial score (nSPS) is 12.0. The Hall–Kier alpha value is 0.280. The van der Waals surface area contributed by atoms with Crippen LogP contribution >= 0.6 is 23.4 Å². The molecule has 0 radical (unpaired) electrons. The van der Waals surface area contributed by atoms with Crippen molar-refractivity contribution in [3.63, 3.8) is 0 Å². The molecule has 0 aromatic carbocycles. The average molecular weight is 300 g/mol. The lowest BCUT2D eigenvalue weighted by molar-refractivity contribution is 0.306. The molecule has 0 saturated heterocycles. The lowest BCUT2D eigenvalue weighted by atomic mass is 11.0. The maximum absolute atomic E-state index is 10.3. The van der Waals surface area contributed by atoms with E-state index in [1.165, 1.54) is 7.05 Å². The smallest absolute Gasteiger partial charge is 0.324 e. The molecule has 6 N–H and O–H groups in total. The first-order valence-corrected chi connectivity index (χ1v) is 8.22. The molecule has 0 unspecified atom stereocenters. The van der Waals surface area contributed by atoms with Crippen molar-refractivity contribution in [2.45, 2.75) is 0 Å². The van der Waals surface area contributed by atoms with E-state index in [2.05, 4.69) is 0 Å². The Morgan fingerprint density at radius 1 is 1.00 bits per heavy atom. The van der Waals surface area contributed by atoms with Crippen molar-refractivity contribution in [2.24, 2.45) is 0 Å². The maximum Gasteiger partial charge on any atom is 0.692 e. The Kier molecular flexibility index (Phi) is 8.83. The third-order valence-electron chi connectivity index (χ3n) is 0.851. The predicted molar refractivity (Wildman–Crippen MR) is 53.6 cm³/mol. The molecule has 0 aliphatic carbocycles. The summed E-state index contributed by atoms with van der Waals surface area (Å²) >= 11 is 0. The van der Waals surface area contributed by atoms with E-state index in [0.717, 1.165) is 4.90 Å². The zero-order valence-electron chi connectivity index (χ0n) is 8.11. The van der Waals surface area contributed by atoms with Gasteiger partial charge in [0.25, 0.3) is 0 Å². The van der Waals surface area contributed by atoms with Crippen LogP contribution < -0.4 is 0 Å². The number of nitrogens with zero attached hydrogens (tertiary/aromatic N) is 1. The van der Waals surface area contributed by atoms with Crippen molar-refractivity contribution in [3.8, 4) is 0 Å². The summed E-state index contributed by atoms with van der Waals surface area (Å²) in [6.07, 6.45) is -1.31. The number of rotatable bonds is 4. The van der Waals surface area contributed by atoms with E-state index >= 15 is 0 Å². The van der Waals surface area contributed by atoms with Crippen molar-refractivity contribution in [1.82, 2.24) is 4.90 Å². The molecule has 16 heavy (non-hydrogen) atoms. The van der Waals surface area contributed by atoms with Gasteiger partial charge in [0.1, 0.15) is 12.6 Å². The first kappa shape index (κ1) is 18.6. The van der Waals surface area contributed by atoms with Crippen molar-refractivity contribution >= 4 is 23.4 Å². The van der Waals surface area contributed by atoms with Gasteiger partial charge < -0.3 is 19.6 Å². The zero-order valence-corrected chi connectivity index (χ0v) is 10.8. The van der Waals surface area contributed by atoms with Gasteiger partial charge in [-0.3, -0.25) is 14.0 Å². The molecule has 13 heteroatoms. The Morgan fingerprint density at radius 2 is 1.19 bits per heavy atom. The summed E-state index contributed by atoms with van der Waals surface area (Å²) in [5.74, 6) is 0. The Bertz CT molecular complexity index is 277. The second kappa shape index (κ2) is 7.58. The number of hydrogen-bond donors (Lipinski definition) is 6. The minimum absolute atomic E-state index is 0.655. The summed E-state index contributed by atoms with van der Waals surface area (Å²) in [6.45, 7) is 0. The summed E-state index contributed by atoms with van der Waals surface area (Å²) in [4.78, 5) is 48.7. The highest BCUT2D eigenvalue weighted by atomic mass is 31.2. The average Bonchev–Trinajstić information content (AvgIpc) is 1.72. The van der Waals surface area contributed by atoms with E-state index in [0.29, 0.717) is 0 Å². The summed E-state index contributed by atoms with van der Waals surface area (Å²) in [7, 11) is -10.1. The lowest BCUT2D eigenvalue weighted by Gasteiger charge is -2.17. The van der Waals surface area contributed by atoms with E-state index in [4.69, 9.17) is 33.9 Å². The Balaban J connectivity index is 0. The molecule has 0 atom stereocenters. The second-order valence-electron chi connectivity index (χ2n) is 2.72. The third-order valence-corrected chi connectivity index (χ3v) is 2.55. The monoisotopic (exact) mass is 300 g/mol. The highest BCUT2D eigenvalue weighted by Gasteiger charge is 2.22. The van der Waals surface area contributed by atoms with Crippen LogP contribution in [0.3, 0.4) is 0 Å². The fourth-order valence-electron chi connectivity index (χ4n) is 0.674. The Labute approximate surface area is 91.8 Å². The summed E-state index contributed by atoms with van der Waals surface area (Å²) in [5.41, 5.74) is 0. The van der Waals surface area contributed by atoms with Crippen molar-refractivity contribution in [1.29, 1.82) is 0 Å². The van der Waals surface area contributed by atoms with Gasteiger partial charge in [0, 0.05) is 4.57 Å². The van der Waals surface area contributed by atoms with E-state index in [1.807, 2.05) is 0 Å². The lowest BCUT2D eigenvalue weighted by Crippen LogP contribution is -2.20. The van der Waals surface area contributed by atoms with E-state index in [9.17, 15) is 9.13 Å². The molecule has 0 aliphatic heterocycles. The molecule has 0 amide bonds. The first-order valence-electron chi connectivity index (χ1n) is 3.46. The van der Waals surface area contributed by atoms with Gasteiger partial charge in [0.05, 0.1) is 0 Å². The SMILES string of the molecule is CN(CP(=O)(O)O)CP(=O)(O)O.O=[P+](O)O. The van der Waals surface area contributed by atoms with Crippen LogP contribution in [-0.2, 0) is 13.7 Å². The molecule has 0 aromatic rings. The van der Waals surface area contributed by atoms with Crippen LogP contribution in [0.25, 0.3) is 0 Å². The first-order chi connectivity index (χ1) is 6.83. The van der Waals surface area contributed by atoms with E-state index in [1.54, 1.807) is 0 Å². The molecule has 0 fully saturated rings. The Morgan fingerprint density at radius 3 is 1.31 bits per heavy atom. The van der Waals surface area contributed by atoms with Gasteiger partial charge in [-0.2, -0.15) is 0 Å². The molecular weight excluding hydrogens is 287 g/mol. The molecule has 0 aliphatic rings. The van der Waals surface area contributed by atoms with Crippen LogP contribution in [-0.4, -0.2) is 53.9 Å². The minimum Gasteiger partial charge on any atom is -0.324 e. The maximum atomic E-state index is 10.3. The standard InChI is InChI=1S/C3H11NO6P2.HO3P/c1-4(2-11(5,6)7)3-12(8,9)10;1-4(2)3/h2-3H2,1H3,(H2,5,6,7)(H2,8,9,10);(H-,1,2,3)/p+1. The fraction of sp³-hybridized carbons (Fsp3) is 1.00. The van der Waals surface area contributed by atoms with Crippen LogP contribution in [0.1, 0.15) is 0 Å². The second-order valence-corrected chi connectivity index (χ2v) is 6.45.